The van der Waals surface area contributed by atoms with Gasteiger partial charge >= 0.3 is 0 Å². The van der Waals surface area contributed by atoms with Crippen molar-refractivity contribution in [3.05, 3.63) is 34.3 Å². The first-order chi connectivity index (χ1) is 8.94. The van der Waals surface area contributed by atoms with Crippen molar-refractivity contribution in [3.63, 3.8) is 0 Å². The third-order valence-electron chi connectivity index (χ3n) is 4.14. The van der Waals surface area contributed by atoms with Gasteiger partial charge in [0.05, 0.1) is 6.10 Å². The van der Waals surface area contributed by atoms with Crippen LogP contribution in [0.5, 0.6) is 0 Å². The smallest absolute Gasteiger partial charge is 0.0549 e. The minimum Gasteiger partial charge on any atom is -0.393 e. The summed E-state index contributed by atoms with van der Waals surface area (Å²) in [6, 6.07) is 6.52. The van der Waals surface area contributed by atoms with E-state index in [1.165, 1.54) is 11.1 Å². The van der Waals surface area contributed by atoms with E-state index in [4.69, 9.17) is 11.6 Å². The molecule has 0 saturated carbocycles. The highest BCUT2D eigenvalue weighted by atomic mass is 35.5. The maximum atomic E-state index is 9.64. The van der Waals surface area contributed by atoms with Crippen molar-refractivity contribution in [2.45, 2.75) is 52.2 Å². The van der Waals surface area contributed by atoms with E-state index >= 15 is 0 Å². The Morgan fingerprint density at radius 2 is 2.21 bits per heavy atom. The van der Waals surface area contributed by atoms with E-state index in [2.05, 4.69) is 31.3 Å². The van der Waals surface area contributed by atoms with Crippen LogP contribution in [0.15, 0.2) is 18.2 Å². The molecule has 1 aromatic rings. The summed E-state index contributed by atoms with van der Waals surface area (Å²) in [5.74, 6) is 0. The molecule has 1 aliphatic rings. The van der Waals surface area contributed by atoms with E-state index < -0.39 is 0 Å². The third kappa shape index (κ3) is 3.31. The summed E-state index contributed by atoms with van der Waals surface area (Å²) >= 11 is 6.12. The first-order valence-electron chi connectivity index (χ1n) is 7.14. The molecular weight excluding hydrogens is 258 g/mol. The van der Waals surface area contributed by atoms with E-state index in [0.29, 0.717) is 6.04 Å². The van der Waals surface area contributed by atoms with Gasteiger partial charge in [-0.15, -0.1) is 0 Å². The van der Waals surface area contributed by atoms with Gasteiger partial charge in [-0.05, 0) is 54.5 Å². The molecule has 0 spiro atoms. The minimum absolute atomic E-state index is 0.198. The maximum Gasteiger partial charge on any atom is 0.0549 e. The van der Waals surface area contributed by atoms with Crippen molar-refractivity contribution in [1.82, 2.24) is 5.32 Å². The van der Waals surface area contributed by atoms with Crippen molar-refractivity contribution in [2.24, 2.45) is 5.41 Å². The van der Waals surface area contributed by atoms with Crippen molar-refractivity contribution in [1.29, 1.82) is 0 Å². The van der Waals surface area contributed by atoms with Gasteiger partial charge in [0.2, 0.25) is 0 Å². The number of aliphatic hydroxyl groups excluding tert-OH is 1. The lowest BCUT2D eigenvalue weighted by Crippen LogP contribution is -2.33. The highest BCUT2D eigenvalue weighted by Gasteiger charge is 2.38. The molecule has 0 radical (unpaired) electrons. The summed E-state index contributed by atoms with van der Waals surface area (Å²) < 4.78 is 0. The Kier molecular flexibility index (Phi) is 4.54. The average Bonchev–Trinajstić information content (AvgIpc) is 2.60. The van der Waals surface area contributed by atoms with Crippen LogP contribution >= 0.6 is 11.6 Å². The highest BCUT2D eigenvalue weighted by molar-refractivity contribution is 6.30. The van der Waals surface area contributed by atoms with E-state index in [0.717, 1.165) is 30.8 Å². The number of nitrogens with one attached hydrogen (secondary N) is 1. The molecule has 2 N–H and O–H groups in total. The summed E-state index contributed by atoms with van der Waals surface area (Å²) in [6.07, 6.45) is 2.50. The molecule has 0 amide bonds. The molecule has 2 atom stereocenters. The van der Waals surface area contributed by atoms with Crippen LogP contribution in [0.2, 0.25) is 5.02 Å². The number of benzene rings is 1. The molecule has 0 bridgehead atoms. The first kappa shape index (κ1) is 14.8. The van der Waals surface area contributed by atoms with Crippen molar-refractivity contribution >= 4 is 11.6 Å². The molecule has 0 aromatic heterocycles. The van der Waals surface area contributed by atoms with Crippen LogP contribution in [0.1, 0.15) is 50.8 Å². The molecule has 1 aliphatic carbocycles. The van der Waals surface area contributed by atoms with Crippen LogP contribution in [0.3, 0.4) is 0 Å². The van der Waals surface area contributed by atoms with Gasteiger partial charge in [-0.1, -0.05) is 38.4 Å². The van der Waals surface area contributed by atoms with Crippen LogP contribution in [-0.4, -0.2) is 17.8 Å². The van der Waals surface area contributed by atoms with Crippen LogP contribution in [-0.2, 0) is 6.42 Å². The van der Waals surface area contributed by atoms with E-state index in [-0.39, 0.29) is 11.5 Å². The quantitative estimate of drug-likeness (QED) is 0.862. The van der Waals surface area contributed by atoms with Crippen LogP contribution < -0.4 is 5.32 Å². The van der Waals surface area contributed by atoms with E-state index in [1.807, 2.05) is 13.0 Å². The highest BCUT2D eigenvalue weighted by Crippen LogP contribution is 2.45. The Bertz CT molecular complexity index is 444. The number of hydrogen-bond donors (Lipinski definition) is 2. The van der Waals surface area contributed by atoms with Crippen molar-refractivity contribution < 1.29 is 5.11 Å². The zero-order chi connectivity index (χ0) is 14.0. The predicted molar refractivity (Wildman–Crippen MR) is 80.6 cm³/mol. The van der Waals surface area contributed by atoms with Gasteiger partial charge in [0, 0.05) is 11.1 Å². The largest absolute Gasteiger partial charge is 0.393 e. The van der Waals surface area contributed by atoms with Gasteiger partial charge in [-0.3, -0.25) is 0 Å². The van der Waals surface area contributed by atoms with E-state index in [1.54, 1.807) is 0 Å². The molecule has 0 aliphatic heterocycles. The fourth-order valence-electron chi connectivity index (χ4n) is 2.99. The lowest BCUT2D eigenvalue weighted by molar-refractivity contribution is 0.154. The number of halogens is 1. The fraction of sp³-hybridized carbons (Fsp3) is 0.625. The average molecular weight is 282 g/mol. The zero-order valence-electron chi connectivity index (χ0n) is 12.0. The monoisotopic (exact) mass is 281 g/mol. The zero-order valence-corrected chi connectivity index (χ0v) is 12.8. The van der Waals surface area contributed by atoms with Gasteiger partial charge in [0.15, 0.2) is 0 Å². The normalized spacial score (nSPS) is 22.3. The molecule has 0 fully saturated rings. The molecule has 0 saturated heterocycles. The van der Waals surface area contributed by atoms with Gasteiger partial charge in [0.1, 0.15) is 0 Å². The third-order valence-corrected chi connectivity index (χ3v) is 4.38. The Balaban J connectivity index is 2.08. The Morgan fingerprint density at radius 3 is 2.89 bits per heavy atom. The number of hydrogen-bond acceptors (Lipinski definition) is 2. The fourth-order valence-corrected chi connectivity index (χ4v) is 3.17. The van der Waals surface area contributed by atoms with Crippen molar-refractivity contribution in [3.8, 4) is 0 Å². The standard InChI is InChI=1S/C16H24ClNO/c1-4-13(19)7-8-18-15-14-9-12(17)6-5-11(14)10-16(15,2)3/h5-6,9,13,15,18-19H,4,7-8,10H2,1-3H3. The molecule has 2 rings (SSSR count). The topological polar surface area (TPSA) is 32.3 Å². The molecule has 1 aromatic carbocycles. The lowest BCUT2D eigenvalue weighted by Gasteiger charge is -2.29. The summed E-state index contributed by atoms with van der Waals surface area (Å²) in [5.41, 5.74) is 2.91. The molecule has 0 heterocycles. The first-order valence-corrected chi connectivity index (χ1v) is 7.51. The molecule has 106 valence electrons. The summed E-state index contributed by atoms with van der Waals surface area (Å²) in [5, 5.41) is 14.0. The van der Waals surface area contributed by atoms with E-state index in [9.17, 15) is 5.11 Å². The second kappa shape index (κ2) is 5.82. The maximum absolute atomic E-state index is 9.64. The summed E-state index contributed by atoms with van der Waals surface area (Å²) in [4.78, 5) is 0. The Labute approximate surface area is 121 Å². The molecule has 19 heavy (non-hydrogen) atoms. The van der Waals surface area contributed by atoms with Gasteiger partial charge in [0.25, 0.3) is 0 Å². The van der Waals surface area contributed by atoms with Gasteiger partial charge in [-0.2, -0.15) is 0 Å². The van der Waals surface area contributed by atoms with Gasteiger partial charge < -0.3 is 10.4 Å². The lowest BCUT2D eigenvalue weighted by atomic mass is 9.85. The number of fused-ring (bicyclic) bond motifs is 1. The number of rotatable bonds is 5. The molecule has 2 nitrogen and oxygen atoms in total. The SMILES string of the molecule is CCC(O)CCNC1c2cc(Cl)ccc2CC1(C)C. The Hall–Kier alpha value is -0.570. The second-order valence-electron chi connectivity index (χ2n) is 6.25. The summed E-state index contributed by atoms with van der Waals surface area (Å²) in [6.45, 7) is 7.43. The number of aliphatic hydroxyl groups is 1. The Morgan fingerprint density at radius 1 is 1.47 bits per heavy atom. The molecule has 2 unspecified atom stereocenters. The summed E-state index contributed by atoms with van der Waals surface area (Å²) in [7, 11) is 0. The minimum atomic E-state index is -0.198. The molecular formula is C16H24ClNO. The molecule has 3 heteroatoms. The van der Waals surface area contributed by atoms with Gasteiger partial charge in [-0.25, -0.2) is 0 Å². The van der Waals surface area contributed by atoms with Crippen LogP contribution in [0, 0.1) is 5.41 Å². The van der Waals surface area contributed by atoms with Crippen LogP contribution in [0.4, 0.5) is 0 Å². The van der Waals surface area contributed by atoms with Crippen molar-refractivity contribution in [2.75, 3.05) is 6.54 Å². The second-order valence-corrected chi connectivity index (χ2v) is 6.68. The predicted octanol–water partition coefficient (Wildman–Crippen LogP) is 3.71. The van der Waals surface area contributed by atoms with Crippen LogP contribution in [0.25, 0.3) is 0 Å².